The topological polar surface area (TPSA) is 103 Å². The molecular weight excluding hydrogens is 390 g/mol. The molecule has 0 spiro atoms. The van der Waals surface area contributed by atoms with Gasteiger partial charge in [-0.2, -0.15) is 10.4 Å². The zero-order chi connectivity index (χ0) is 20.6. The summed E-state index contributed by atoms with van der Waals surface area (Å²) in [6.45, 7) is 3.95. The minimum atomic E-state index is -0.550. The fraction of sp³-hybridized carbons (Fsp3) is 0.0476. The predicted octanol–water partition coefficient (Wildman–Crippen LogP) is 3.97. The summed E-state index contributed by atoms with van der Waals surface area (Å²) in [5, 5.41) is 13.8. The summed E-state index contributed by atoms with van der Waals surface area (Å²) in [6.07, 6.45) is 3.15. The van der Waals surface area contributed by atoms with E-state index in [-0.39, 0.29) is 17.2 Å². The van der Waals surface area contributed by atoms with Crippen LogP contribution in [0.3, 0.4) is 0 Å². The molecule has 0 unspecified atom stereocenters. The van der Waals surface area contributed by atoms with E-state index in [1.165, 1.54) is 6.21 Å². The lowest BCUT2D eigenvalue weighted by atomic mass is 10.1. The van der Waals surface area contributed by atoms with Gasteiger partial charge in [-0.3, -0.25) is 9.78 Å². The van der Waals surface area contributed by atoms with Crippen LogP contribution in [-0.2, 0) is 0 Å². The number of benzene rings is 2. The molecule has 3 rings (SSSR count). The van der Waals surface area contributed by atoms with E-state index < -0.39 is 5.56 Å². The minimum Gasteiger partial charge on any atom is -0.488 e. The zero-order valence-corrected chi connectivity index (χ0v) is 16.0. The lowest BCUT2D eigenvalue weighted by Gasteiger charge is -2.07. The van der Waals surface area contributed by atoms with Crippen molar-refractivity contribution in [2.45, 2.75) is 0 Å². The lowest BCUT2D eigenvalue weighted by molar-refractivity contribution is 0.363. The summed E-state index contributed by atoms with van der Waals surface area (Å²) in [7, 11) is 0. The molecule has 0 radical (unpaired) electrons. The Morgan fingerprint density at radius 2 is 2.10 bits per heavy atom. The third kappa shape index (κ3) is 4.89. The van der Waals surface area contributed by atoms with Crippen LogP contribution in [0.4, 0.5) is 5.95 Å². The number of halogens is 1. The smallest absolute Gasteiger partial charge is 0.270 e. The van der Waals surface area contributed by atoms with E-state index in [4.69, 9.17) is 16.3 Å². The highest BCUT2D eigenvalue weighted by atomic mass is 35.5. The van der Waals surface area contributed by atoms with Crippen molar-refractivity contribution in [2.75, 3.05) is 12.0 Å². The number of anilines is 1. The average Bonchev–Trinajstić information content (AvgIpc) is 2.73. The molecule has 0 bridgehead atoms. The second-order valence-electron chi connectivity index (χ2n) is 5.78. The number of nitrogens with zero attached hydrogens (tertiary/aromatic N) is 3. The number of nitriles is 1. The fourth-order valence-corrected chi connectivity index (χ4v) is 2.71. The molecule has 1 heterocycles. The van der Waals surface area contributed by atoms with Crippen LogP contribution < -0.4 is 15.7 Å². The zero-order valence-electron chi connectivity index (χ0n) is 15.2. The molecule has 3 aromatic rings. The summed E-state index contributed by atoms with van der Waals surface area (Å²) in [5.74, 6) is 0.656. The van der Waals surface area contributed by atoms with Crippen LogP contribution >= 0.6 is 11.6 Å². The minimum absolute atomic E-state index is 0.0624. The molecule has 0 fully saturated rings. The van der Waals surface area contributed by atoms with Gasteiger partial charge in [0.1, 0.15) is 24.0 Å². The van der Waals surface area contributed by atoms with Gasteiger partial charge in [-0.15, -0.1) is 0 Å². The number of aromatic nitrogens is 2. The number of hydrogen-bond acceptors (Lipinski definition) is 6. The molecule has 2 aromatic carbocycles. The Labute approximate surface area is 172 Å². The van der Waals surface area contributed by atoms with Crippen molar-refractivity contribution in [3.8, 4) is 23.1 Å². The van der Waals surface area contributed by atoms with Crippen molar-refractivity contribution in [3.63, 3.8) is 0 Å². The van der Waals surface area contributed by atoms with Crippen LogP contribution in [0.2, 0.25) is 5.02 Å². The molecule has 8 heteroatoms. The summed E-state index contributed by atoms with van der Waals surface area (Å²) in [5.41, 5.74) is 3.71. The molecule has 0 saturated heterocycles. The van der Waals surface area contributed by atoms with Gasteiger partial charge >= 0.3 is 0 Å². The van der Waals surface area contributed by atoms with E-state index >= 15 is 0 Å². The number of hydrazone groups is 1. The molecule has 2 N–H and O–H groups in total. The molecule has 0 aliphatic heterocycles. The molecule has 7 nitrogen and oxygen atoms in total. The summed E-state index contributed by atoms with van der Waals surface area (Å²) in [4.78, 5) is 19.0. The van der Waals surface area contributed by atoms with E-state index in [0.29, 0.717) is 28.5 Å². The van der Waals surface area contributed by atoms with Gasteiger partial charge in [0.05, 0.1) is 16.9 Å². The maximum Gasteiger partial charge on any atom is 0.270 e. The van der Waals surface area contributed by atoms with E-state index in [2.05, 4.69) is 27.1 Å². The number of aromatic amines is 1. The monoisotopic (exact) mass is 405 g/mol. The van der Waals surface area contributed by atoms with Crippen LogP contribution in [0.5, 0.6) is 5.75 Å². The Balaban J connectivity index is 1.81. The largest absolute Gasteiger partial charge is 0.488 e. The first-order chi connectivity index (χ1) is 14.1. The quantitative estimate of drug-likeness (QED) is 0.351. The van der Waals surface area contributed by atoms with Crippen molar-refractivity contribution >= 4 is 23.8 Å². The molecule has 0 aliphatic carbocycles. The van der Waals surface area contributed by atoms with Crippen molar-refractivity contribution in [3.05, 3.63) is 87.7 Å². The number of hydrogen-bond donors (Lipinski definition) is 2. The SMILES string of the molecule is C=CCOc1ccc(C=NNc2nc(-c3ccccc3)c(C#N)c(=O)[nH]2)cc1Cl. The summed E-state index contributed by atoms with van der Waals surface area (Å²) < 4.78 is 5.42. The average molecular weight is 406 g/mol. The highest BCUT2D eigenvalue weighted by Gasteiger charge is 2.12. The third-order valence-corrected chi connectivity index (χ3v) is 4.07. The van der Waals surface area contributed by atoms with Crippen LogP contribution in [0.1, 0.15) is 11.1 Å². The van der Waals surface area contributed by atoms with Gasteiger partial charge in [0.2, 0.25) is 5.95 Å². The number of rotatable bonds is 7. The number of nitrogens with one attached hydrogen (secondary N) is 2. The first-order valence-electron chi connectivity index (χ1n) is 8.54. The van der Waals surface area contributed by atoms with E-state index in [1.54, 1.807) is 48.5 Å². The van der Waals surface area contributed by atoms with E-state index in [1.807, 2.05) is 12.1 Å². The first-order valence-corrected chi connectivity index (χ1v) is 8.92. The molecule has 0 amide bonds. The molecule has 1 aromatic heterocycles. The Kier molecular flexibility index (Phi) is 6.40. The van der Waals surface area contributed by atoms with E-state index in [0.717, 1.165) is 0 Å². The molecular formula is C21H16ClN5O2. The van der Waals surface area contributed by atoms with Gasteiger partial charge in [0, 0.05) is 5.56 Å². The maximum atomic E-state index is 12.2. The van der Waals surface area contributed by atoms with Gasteiger partial charge in [-0.25, -0.2) is 10.4 Å². The molecule has 144 valence electrons. The lowest BCUT2D eigenvalue weighted by Crippen LogP contribution is -2.16. The standard InChI is InChI=1S/C21H16ClN5O2/c1-2-10-29-18-9-8-14(11-17(18)22)13-24-27-21-25-19(15-6-4-3-5-7-15)16(12-23)20(28)26-21/h2-9,11,13H,1,10H2,(H2,25,26,27,28). The van der Waals surface area contributed by atoms with Crippen LogP contribution in [-0.4, -0.2) is 22.8 Å². The molecule has 29 heavy (non-hydrogen) atoms. The Morgan fingerprint density at radius 3 is 2.79 bits per heavy atom. The van der Waals surface area contributed by atoms with Gasteiger partial charge in [0.15, 0.2) is 0 Å². The van der Waals surface area contributed by atoms with Gasteiger partial charge in [-0.05, 0) is 23.8 Å². The van der Waals surface area contributed by atoms with Crippen LogP contribution in [0.25, 0.3) is 11.3 Å². The first kappa shape index (κ1) is 19.9. The van der Waals surface area contributed by atoms with E-state index in [9.17, 15) is 10.1 Å². The van der Waals surface area contributed by atoms with Crippen molar-refractivity contribution in [1.29, 1.82) is 5.26 Å². The fourth-order valence-electron chi connectivity index (χ4n) is 2.47. The van der Waals surface area contributed by atoms with Gasteiger partial charge in [-0.1, -0.05) is 54.6 Å². The normalized spacial score (nSPS) is 10.5. The number of ether oxygens (including phenoxy) is 1. The van der Waals surface area contributed by atoms with Gasteiger partial charge < -0.3 is 4.74 Å². The maximum absolute atomic E-state index is 12.2. The second kappa shape index (κ2) is 9.35. The Bertz CT molecular complexity index is 1150. The Hall–Kier alpha value is -3.89. The predicted molar refractivity (Wildman–Crippen MR) is 113 cm³/mol. The number of H-pyrrole nitrogens is 1. The third-order valence-electron chi connectivity index (χ3n) is 3.78. The van der Waals surface area contributed by atoms with Crippen molar-refractivity contribution in [2.24, 2.45) is 5.10 Å². The van der Waals surface area contributed by atoms with Crippen molar-refractivity contribution < 1.29 is 4.74 Å². The van der Waals surface area contributed by atoms with Crippen molar-refractivity contribution in [1.82, 2.24) is 9.97 Å². The summed E-state index contributed by atoms with van der Waals surface area (Å²) in [6, 6.07) is 16.1. The second-order valence-corrected chi connectivity index (χ2v) is 6.18. The van der Waals surface area contributed by atoms with Crippen LogP contribution in [0, 0.1) is 11.3 Å². The van der Waals surface area contributed by atoms with Crippen LogP contribution in [0.15, 0.2) is 71.1 Å². The molecule has 0 saturated carbocycles. The molecule has 0 aliphatic rings. The van der Waals surface area contributed by atoms with Gasteiger partial charge in [0.25, 0.3) is 5.56 Å². The molecule has 0 atom stereocenters. The summed E-state index contributed by atoms with van der Waals surface area (Å²) >= 11 is 6.17. The Morgan fingerprint density at radius 1 is 1.31 bits per heavy atom. The highest BCUT2D eigenvalue weighted by Crippen LogP contribution is 2.25. The highest BCUT2D eigenvalue weighted by molar-refractivity contribution is 6.32.